The van der Waals surface area contributed by atoms with E-state index in [1.165, 1.54) is 0 Å². The predicted octanol–water partition coefficient (Wildman–Crippen LogP) is -2.76. The number of rotatable bonds is 1. The summed E-state index contributed by atoms with van der Waals surface area (Å²) in [5, 5.41) is 38.7. The molecule has 1 heterocycles. The molecule has 1 aliphatic rings. The highest BCUT2D eigenvalue weighted by atomic mass is 16.5. The van der Waals surface area contributed by atoms with E-state index in [2.05, 4.69) is 5.32 Å². The molecule has 0 aliphatic carbocycles. The van der Waals surface area contributed by atoms with Crippen molar-refractivity contribution in [2.75, 3.05) is 19.7 Å². The van der Waals surface area contributed by atoms with Gasteiger partial charge in [0.05, 0.1) is 6.54 Å². The second-order valence-electron chi connectivity index (χ2n) is 2.90. The largest absolute Gasteiger partial charge is 0.396 e. The van der Waals surface area contributed by atoms with Gasteiger partial charge in [-0.05, 0) is 0 Å². The van der Waals surface area contributed by atoms with Crippen LogP contribution in [0.3, 0.4) is 0 Å². The topological polar surface area (TPSA) is 93.0 Å². The van der Waals surface area contributed by atoms with E-state index in [-0.39, 0.29) is 13.2 Å². The van der Waals surface area contributed by atoms with E-state index in [0.717, 1.165) is 0 Å². The van der Waals surface area contributed by atoms with Gasteiger partial charge in [-0.1, -0.05) is 0 Å². The molecule has 0 amide bonds. The normalized spacial score (nSPS) is 37.1. The number of piperidine rings is 1. The fourth-order valence-electron chi connectivity index (χ4n) is 1.20. The minimum absolute atomic E-state index is 0.0648. The average molecular weight is 163 g/mol. The second-order valence-corrected chi connectivity index (χ2v) is 2.90. The molecule has 5 heteroatoms. The van der Waals surface area contributed by atoms with Gasteiger partial charge in [0, 0.05) is 19.1 Å². The number of hydrogen-bond acceptors (Lipinski definition) is 5. The molecule has 1 saturated heterocycles. The van der Waals surface area contributed by atoms with Crippen LogP contribution in [0.5, 0.6) is 0 Å². The fraction of sp³-hybridized carbons (Fsp3) is 1.00. The molecule has 0 saturated carbocycles. The van der Waals surface area contributed by atoms with E-state index < -0.39 is 17.8 Å². The third-order valence-electron chi connectivity index (χ3n) is 1.95. The molecular formula is C6H13NO4. The second kappa shape index (κ2) is 3.04. The molecule has 0 bridgehead atoms. The van der Waals surface area contributed by atoms with Gasteiger partial charge >= 0.3 is 0 Å². The Morgan fingerprint density at radius 3 is 2.55 bits per heavy atom. The van der Waals surface area contributed by atoms with Crippen LogP contribution in [-0.4, -0.2) is 52.0 Å². The van der Waals surface area contributed by atoms with Crippen molar-refractivity contribution in [3.8, 4) is 0 Å². The fourth-order valence-corrected chi connectivity index (χ4v) is 1.20. The van der Waals surface area contributed by atoms with Crippen LogP contribution >= 0.6 is 0 Å². The van der Waals surface area contributed by atoms with Crippen molar-refractivity contribution < 1.29 is 20.4 Å². The van der Waals surface area contributed by atoms with Gasteiger partial charge in [0.2, 0.25) is 5.79 Å². The molecular weight excluding hydrogens is 150 g/mol. The smallest absolute Gasteiger partial charge is 0.202 e. The Balaban J connectivity index is 2.60. The number of hydrogen-bond donors (Lipinski definition) is 5. The highest BCUT2D eigenvalue weighted by Crippen LogP contribution is 2.18. The molecule has 2 unspecified atom stereocenters. The number of β-amino-alcohol motifs (C(OH)–C–C–N with tert-alkyl or cyclic N) is 2. The predicted molar refractivity (Wildman–Crippen MR) is 36.6 cm³/mol. The summed E-state index contributed by atoms with van der Waals surface area (Å²) in [5.41, 5.74) is 0. The van der Waals surface area contributed by atoms with E-state index in [1.807, 2.05) is 0 Å². The molecule has 0 aromatic carbocycles. The monoisotopic (exact) mass is 163 g/mol. The Labute approximate surface area is 64.3 Å². The maximum atomic E-state index is 9.20. The summed E-state index contributed by atoms with van der Waals surface area (Å²) in [6.45, 7) is 0.0856. The first-order chi connectivity index (χ1) is 5.08. The van der Waals surface area contributed by atoms with Gasteiger partial charge in [-0.2, -0.15) is 0 Å². The first-order valence-electron chi connectivity index (χ1n) is 3.52. The van der Waals surface area contributed by atoms with Crippen molar-refractivity contribution in [2.45, 2.75) is 11.9 Å². The van der Waals surface area contributed by atoms with Crippen molar-refractivity contribution in [3.63, 3.8) is 0 Å². The molecule has 0 aromatic rings. The minimum Gasteiger partial charge on any atom is -0.396 e. The zero-order valence-electron chi connectivity index (χ0n) is 6.06. The molecule has 0 radical (unpaired) electrons. The molecule has 0 spiro atoms. The number of nitrogens with one attached hydrogen (secondary N) is 1. The zero-order valence-corrected chi connectivity index (χ0v) is 6.06. The average Bonchev–Trinajstić information content (AvgIpc) is 1.95. The van der Waals surface area contributed by atoms with Crippen molar-refractivity contribution in [2.24, 2.45) is 5.92 Å². The Hall–Kier alpha value is -0.200. The Morgan fingerprint density at radius 1 is 1.45 bits per heavy atom. The van der Waals surface area contributed by atoms with Crippen LogP contribution < -0.4 is 5.32 Å². The molecule has 2 atom stereocenters. The standard InChI is InChI=1S/C6H13NO4/c8-2-4-1-7-3-6(10,11)5(4)9/h4-5,7-11H,1-3H2. The van der Waals surface area contributed by atoms with E-state index >= 15 is 0 Å². The quantitative estimate of drug-likeness (QED) is 0.270. The van der Waals surface area contributed by atoms with Gasteiger partial charge in [0.25, 0.3) is 0 Å². The summed E-state index contributed by atoms with van der Waals surface area (Å²) in [6.07, 6.45) is -1.27. The summed E-state index contributed by atoms with van der Waals surface area (Å²) in [5.74, 6) is -2.61. The summed E-state index contributed by atoms with van der Waals surface area (Å²) < 4.78 is 0. The van der Waals surface area contributed by atoms with Gasteiger partial charge in [-0.15, -0.1) is 0 Å². The maximum absolute atomic E-state index is 9.20. The molecule has 1 fully saturated rings. The first kappa shape index (κ1) is 8.89. The van der Waals surface area contributed by atoms with Gasteiger partial charge in [0.1, 0.15) is 6.10 Å². The molecule has 1 rings (SSSR count). The van der Waals surface area contributed by atoms with Crippen LogP contribution in [0.1, 0.15) is 0 Å². The van der Waals surface area contributed by atoms with Gasteiger partial charge in [-0.3, -0.25) is 0 Å². The molecule has 5 nitrogen and oxygen atoms in total. The third kappa shape index (κ3) is 1.69. The maximum Gasteiger partial charge on any atom is 0.202 e. The van der Waals surface area contributed by atoms with E-state index in [9.17, 15) is 5.11 Å². The van der Waals surface area contributed by atoms with Gasteiger partial charge in [0.15, 0.2) is 0 Å². The Bertz CT molecular complexity index is 139. The highest BCUT2D eigenvalue weighted by molar-refractivity contribution is 4.88. The van der Waals surface area contributed by atoms with Crippen LogP contribution in [0, 0.1) is 5.92 Å². The molecule has 11 heavy (non-hydrogen) atoms. The minimum atomic E-state index is -2.11. The van der Waals surface area contributed by atoms with Crippen LogP contribution in [0.2, 0.25) is 0 Å². The lowest BCUT2D eigenvalue weighted by Gasteiger charge is -2.37. The lowest BCUT2D eigenvalue weighted by Crippen LogP contribution is -2.60. The SMILES string of the molecule is OCC1CNCC(O)(O)C1O. The van der Waals surface area contributed by atoms with Crippen LogP contribution in [0.4, 0.5) is 0 Å². The van der Waals surface area contributed by atoms with E-state index in [1.54, 1.807) is 0 Å². The summed E-state index contributed by atoms with van der Waals surface area (Å²) in [6, 6.07) is 0. The summed E-state index contributed by atoms with van der Waals surface area (Å²) in [4.78, 5) is 0. The lowest BCUT2D eigenvalue weighted by atomic mass is 9.92. The molecule has 5 N–H and O–H groups in total. The number of aliphatic hydroxyl groups excluding tert-OH is 2. The van der Waals surface area contributed by atoms with Crippen LogP contribution in [0.25, 0.3) is 0 Å². The number of aliphatic hydroxyl groups is 4. The van der Waals surface area contributed by atoms with E-state index in [0.29, 0.717) is 6.54 Å². The van der Waals surface area contributed by atoms with Crippen molar-refractivity contribution in [1.29, 1.82) is 0 Å². The summed E-state index contributed by atoms with van der Waals surface area (Å²) in [7, 11) is 0. The van der Waals surface area contributed by atoms with Crippen molar-refractivity contribution in [3.05, 3.63) is 0 Å². The Morgan fingerprint density at radius 2 is 2.09 bits per heavy atom. The lowest BCUT2D eigenvalue weighted by molar-refractivity contribution is -0.248. The highest BCUT2D eigenvalue weighted by Gasteiger charge is 2.41. The third-order valence-corrected chi connectivity index (χ3v) is 1.95. The first-order valence-corrected chi connectivity index (χ1v) is 3.52. The van der Waals surface area contributed by atoms with E-state index in [4.69, 9.17) is 15.3 Å². The summed E-state index contributed by atoms with van der Waals surface area (Å²) >= 11 is 0. The molecule has 1 aliphatic heterocycles. The van der Waals surface area contributed by atoms with Crippen molar-refractivity contribution >= 4 is 0 Å². The van der Waals surface area contributed by atoms with Crippen LogP contribution in [-0.2, 0) is 0 Å². The van der Waals surface area contributed by atoms with Crippen LogP contribution in [0.15, 0.2) is 0 Å². The molecule has 0 aromatic heterocycles. The Kier molecular flexibility index (Phi) is 2.46. The van der Waals surface area contributed by atoms with Gasteiger partial charge < -0.3 is 25.7 Å². The zero-order chi connectivity index (χ0) is 8.48. The molecule has 66 valence electrons. The van der Waals surface area contributed by atoms with Crippen molar-refractivity contribution in [1.82, 2.24) is 5.32 Å². The van der Waals surface area contributed by atoms with Gasteiger partial charge in [-0.25, -0.2) is 0 Å².